The van der Waals surface area contributed by atoms with Crippen LogP contribution in [0.15, 0.2) is 131 Å². The summed E-state index contributed by atoms with van der Waals surface area (Å²) in [6.07, 6.45) is 0. The molecule has 5 aromatic rings. The van der Waals surface area contributed by atoms with Crippen molar-refractivity contribution in [1.82, 2.24) is 9.44 Å². The van der Waals surface area contributed by atoms with Crippen LogP contribution in [-0.4, -0.2) is 37.3 Å². The van der Waals surface area contributed by atoms with E-state index in [9.17, 15) is 16.8 Å². The number of sulfonamides is 2. The summed E-state index contributed by atoms with van der Waals surface area (Å²) in [5, 5.41) is 18.8. The molecular formula is C34H28Cl2N8O4S6. The summed E-state index contributed by atoms with van der Waals surface area (Å²) >= 11 is 33.0. The van der Waals surface area contributed by atoms with Gasteiger partial charge in [-0.15, -0.1) is 0 Å². The Bertz CT molecular complexity index is 2250. The molecule has 0 spiro atoms. The van der Waals surface area contributed by atoms with Crippen molar-refractivity contribution < 1.29 is 16.8 Å². The normalized spacial score (nSPS) is 11.0. The maximum absolute atomic E-state index is 13.1. The Kier molecular flexibility index (Phi) is 13.6. The highest BCUT2D eigenvalue weighted by molar-refractivity contribution is 7.92. The number of nitrogens with one attached hydrogen (secondary N) is 8. The summed E-state index contributed by atoms with van der Waals surface area (Å²) in [5.74, 6) is 0. The lowest BCUT2D eigenvalue weighted by Crippen LogP contribution is -2.34. The topological polar surface area (TPSA) is 165 Å². The van der Waals surface area contributed by atoms with Gasteiger partial charge < -0.3 is 31.9 Å². The summed E-state index contributed by atoms with van der Waals surface area (Å²) in [7, 11) is -8.15. The van der Waals surface area contributed by atoms with Crippen LogP contribution >= 0.6 is 72.1 Å². The van der Waals surface area contributed by atoms with Gasteiger partial charge in [0.15, 0.2) is 20.4 Å². The molecule has 0 bridgehead atoms. The molecule has 0 saturated heterocycles. The van der Waals surface area contributed by atoms with Crippen LogP contribution < -0.4 is 41.3 Å². The van der Waals surface area contributed by atoms with Crippen LogP contribution in [0.25, 0.3) is 0 Å². The third kappa shape index (κ3) is 12.2. The van der Waals surface area contributed by atoms with Gasteiger partial charge >= 0.3 is 0 Å². The highest BCUT2D eigenvalue weighted by Crippen LogP contribution is 2.20. The Hall–Kier alpha value is -4.66. The smallest absolute Gasteiger partial charge is 0.263 e. The van der Waals surface area contributed by atoms with E-state index in [0.717, 1.165) is 0 Å². The molecule has 0 fully saturated rings. The first-order chi connectivity index (χ1) is 25.6. The molecule has 278 valence electrons. The van der Waals surface area contributed by atoms with Gasteiger partial charge in [0.2, 0.25) is 0 Å². The molecule has 0 radical (unpaired) electrons. The van der Waals surface area contributed by atoms with Crippen LogP contribution in [0.2, 0.25) is 10.0 Å². The predicted octanol–water partition coefficient (Wildman–Crippen LogP) is 7.96. The Morgan fingerprint density at radius 1 is 0.389 bits per heavy atom. The van der Waals surface area contributed by atoms with Gasteiger partial charge in [-0.1, -0.05) is 35.3 Å². The monoisotopic (exact) mass is 874 g/mol. The quantitative estimate of drug-likeness (QED) is 0.0638. The fraction of sp³-hybridized carbons (Fsp3) is 0. The first kappa shape index (κ1) is 40.5. The largest absolute Gasteiger partial charge is 0.332 e. The van der Waals surface area contributed by atoms with Gasteiger partial charge in [-0.25, -0.2) is 16.8 Å². The number of hydrogen-bond donors (Lipinski definition) is 8. The lowest BCUT2D eigenvalue weighted by Gasteiger charge is -2.15. The third-order valence-corrected chi connectivity index (χ3v) is 11.1. The molecule has 0 heterocycles. The zero-order chi connectivity index (χ0) is 38.9. The van der Waals surface area contributed by atoms with Crippen LogP contribution in [-0.2, 0) is 20.0 Å². The second-order valence-electron chi connectivity index (χ2n) is 10.9. The number of halogens is 2. The standard InChI is InChI=1S/C34H28Cl2N8O4S6/c35-21-7-11-23(12-8-21)37-31(49)41-27-3-1-5-29(19-27)53(45,46)43-33(51)39-25-15-17-26(18-16-25)40-34(52)44-54(47,48)30-6-2-4-28(20-30)42-32(50)38-24-13-9-22(36)10-14-24/h1-20H,(H2,37,41,49)(H2,38,42,50)(H2,39,43,51)(H2,40,44,52). The number of hydrogen-bond acceptors (Lipinski definition) is 8. The Balaban J connectivity index is 1.11. The van der Waals surface area contributed by atoms with E-state index in [0.29, 0.717) is 44.2 Å². The van der Waals surface area contributed by atoms with E-state index in [1.54, 1.807) is 97.1 Å². The minimum Gasteiger partial charge on any atom is -0.332 e. The van der Waals surface area contributed by atoms with Crippen LogP contribution in [0.4, 0.5) is 34.1 Å². The molecule has 0 amide bonds. The first-order valence-electron chi connectivity index (χ1n) is 15.3. The Labute approximate surface area is 343 Å². The van der Waals surface area contributed by atoms with Crippen LogP contribution in [0.1, 0.15) is 0 Å². The number of anilines is 6. The van der Waals surface area contributed by atoms with Crippen molar-refractivity contribution in [3.63, 3.8) is 0 Å². The summed E-state index contributed by atoms with van der Waals surface area (Å²) < 4.78 is 57.1. The lowest BCUT2D eigenvalue weighted by atomic mass is 10.3. The summed E-state index contributed by atoms with van der Waals surface area (Å²) in [6.45, 7) is 0. The van der Waals surface area contributed by atoms with Crippen molar-refractivity contribution in [3.05, 3.63) is 131 Å². The van der Waals surface area contributed by atoms with E-state index in [4.69, 9.17) is 72.1 Å². The molecule has 8 N–H and O–H groups in total. The van der Waals surface area contributed by atoms with E-state index < -0.39 is 20.0 Å². The van der Waals surface area contributed by atoms with Crippen molar-refractivity contribution in [2.45, 2.75) is 9.79 Å². The van der Waals surface area contributed by atoms with E-state index in [-0.39, 0.29) is 30.2 Å². The molecule has 54 heavy (non-hydrogen) atoms. The molecule has 5 rings (SSSR count). The molecule has 20 heteroatoms. The zero-order valence-electron chi connectivity index (χ0n) is 27.4. The van der Waals surface area contributed by atoms with Crippen LogP contribution in [0.5, 0.6) is 0 Å². The van der Waals surface area contributed by atoms with Gasteiger partial charge in [0, 0.05) is 44.2 Å². The van der Waals surface area contributed by atoms with E-state index in [1.807, 2.05) is 0 Å². The maximum Gasteiger partial charge on any atom is 0.263 e. The second-order valence-corrected chi connectivity index (χ2v) is 16.8. The maximum atomic E-state index is 13.1. The molecule has 0 saturated carbocycles. The second kappa shape index (κ2) is 18.1. The SMILES string of the molecule is O=S(=O)(NC(=S)Nc1ccc(NC(=S)NS(=O)(=O)c2cccc(NC(=S)Nc3ccc(Cl)cc3)c2)cc1)c1cccc(NC(=S)Nc2ccc(Cl)cc2)c1. The van der Waals surface area contributed by atoms with Gasteiger partial charge in [-0.3, -0.25) is 9.44 Å². The van der Waals surface area contributed by atoms with Gasteiger partial charge in [-0.2, -0.15) is 0 Å². The van der Waals surface area contributed by atoms with Crippen molar-refractivity contribution in [1.29, 1.82) is 0 Å². The highest BCUT2D eigenvalue weighted by Gasteiger charge is 2.18. The average Bonchev–Trinajstić information content (AvgIpc) is 3.11. The molecule has 0 aliphatic carbocycles. The molecule has 0 aliphatic rings. The van der Waals surface area contributed by atoms with Gasteiger partial charge in [0.25, 0.3) is 20.0 Å². The van der Waals surface area contributed by atoms with Gasteiger partial charge in [0.05, 0.1) is 9.79 Å². The molecule has 0 aliphatic heterocycles. The molecule has 0 unspecified atom stereocenters. The number of benzene rings is 5. The first-order valence-corrected chi connectivity index (χ1v) is 20.6. The van der Waals surface area contributed by atoms with E-state index in [1.165, 1.54) is 24.3 Å². The Morgan fingerprint density at radius 2 is 0.667 bits per heavy atom. The van der Waals surface area contributed by atoms with Crippen LogP contribution in [0.3, 0.4) is 0 Å². The van der Waals surface area contributed by atoms with Crippen LogP contribution in [0, 0.1) is 0 Å². The molecule has 0 atom stereocenters. The number of thiocarbonyl (C=S) groups is 4. The van der Waals surface area contributed by atoms with Crippen molar-refractivity contribution in [2.24, 2.45) is 0 Å². The Morgan fingerprint density at radius 3 is 1.00 bits per heavy atom. The fourth-order valence-corrected chi connectivity index (χ4v) is 7.97. The van der Waals surface area contributed by atoms with Crippen molar-refractivity contribution >= 4 is 147 Å². The summed E-state index contributed by atoms with van der Waals surface area (Å²) in [5.41, 5.74) is 3.16. The van der Waals surface area contributed by atoms with E-state index in [2.05, 4.69) is 41.3 Å². The lowest BCUT2D eigenvalue weighted by molar-refractivity contribution is 0.591. The molecule has 5 aromatic carbocycles. The third-order valence-electron chi connectivity index (χ3n) is 6.86. The summed E-state index contributed by atoms with van der Waals surface area (Å²) in [6, 6.07) is 32.3. The molecule has 0 aromatic heterocycles. The molecule has 12 nitrogen and oxygen atoms in total. The van der Waals surface area contributed by atoms with Crippen molar-refractivity contribution in [3.8, 4) is 0 Å². The molecular weight excluding hydrogens is 848 g/mol. The minimum absolute atomic E-state index is 0.0564. The summed E-state index contributed by atoms with van der Waals surface area (Å²) in [4.78, 5) is -0.113. The minimum atomic E-state index is -4.07. The average molecular weight is 876 g/mol. The highest BCUT2D eigenvalue weighted by atomic mass is 35.5. The van der Waals surface area contributed by atoms with Gasteiger partial charge in [-0.05, 0) is 158 Å². The van der Waals surface area contributed by atoms with Crippen molar-refractivity contribution in [2.75, 3.05) is 31.9 Å². The van der Waals surface area contributed by atoms with E-state index >= 15 is 0 Å². The number of rotatable bonds is 10. The zero-order valence-corrected chi connectivity index (χ0v) is 33.8. The predicted molar refractivity (Wildman–Crippen MR) is 235 cm³/mol. The van der Waals surface area contributed by atoms with Gasteiger partial charge in [0.1, 0.15) is 0 Å². The fourth-order valence-electron chi connectivity index (χ4n) is 4.45.